The lowest BCUT2D eigenvalue weighted by molar-refractivity contribution is -0.137. The maximum atomic E-state index is 13.1. The smallest absolute Gasteiger partial charge is 0.418 e. The highest BCUT2D eigenvalue weighted by Gasteiger charge is 2.33. The quantitative estimate of drug-likeness (QED) is 0.754. The van der Waals surface area contributed by atoms with Gasteiger partial charge in [0.1, 0.15) is 0 Å². The normalized spacial score (nSPS) is 16.8. The van der Waals surface area contributed by atoms with Crippen LogP contribution in [0.1, 0.15) is 22.3 Å². The zero-order valence-corrected chi connectivity index (χ0v) is 17.9. The van der Waals surface area contributed by atoms with Crippen molar-refractivity contribution in [2.24, 2.45) is 0 Å². The fourth-order valence-electron chi connectivity index (χ4n) is 3.82. The number of alkyl halides is 3. The number of halogens is 3. The van der Waals surface area contributed by atoms with Gasteiger partial charge in [-0.3, -0.25) is 14.5 Å². The highest BCUT2D eigenvalue weighted by Crippen LogP contribution is 2.34. The van der Waals surface area contributed by atoms with Gasteiger partial charge < -0.3 is 19.7 Å². The molecule has 2 amide bonds. The molecule has 0 aromatic heterocycles. The molecule has 2 aliphatic heterocycles. The predicted molar refractivity (Wildman–Crippen MR) is 114 cm³/mol. The molecule has 0 saturated carbocycles. The van der Waals surface area contributed by atoms with Crippen LogP contribution in [0.4, 0.5) is 18.9 Å². The van der Waals surface area contributed by atoms with Gasteiger partial charge in [-0.05, 0) is 30.3 Å². The summed E-state index contributed by atoms with van der Waals surface area (Å²) in [7, 11) is 0. The Bertz CT molecular complexity index is 1020. The van der Waals surface area contributed by atoms with Crippen LogP contribution in [0.25, 0.3) is 0 Å². The number of hydrogen-bond acceptors (Lipinski definition) is 5. The number of fused-ring (bicyclic) bond motifs is 1. The molecule has 0 bridgehead atoms. The van der Waals surface area contributed by atoms with E-state index in [0.717, 1.165) is 12.5 Å². The lowest BCUT2D eigenvalue weighted by Gasteiger charge is -2.34. The molecule has 176 valence electrons. The van der Waals surface area contributed by atoms with E-state index in [1.807, 2.05) is 4.90 Å². The summed E-state index contributed by atoms with van der Waals surface area (Å²) in [6.07, 6.45) is -3.78. The Labute approximate surface area is 189 Å². The molecular formula is C23H24F3N3O4. The highest BCUT2D eigenvalue weighted by molar-refractivity contribution is 5.95. The van der Waals surface area contributed by atoms with Crippen molar-refractivity contribution in [1.82, 2.24) is 9.80 Å². The number of nitrogens with zero attached hydrogens (tertiary/aromatic N) is 2. The number of nitrogens with one attached hydrogen (secondary N) is 1. The molecule has 0 atom stereocenters. The molecule has 2 aromatic carbocycles. The lowest BCUT2D eigenvalue weighted by atomic mass is 10.1. The van der Waals surface area contributed by atoms with Gasteiger partial charge in [0.05, 0.1) is 31.0 Å². The van der Waals surface area contributed by atoms with E-state index in [1.54, 1.807) is 23.1 Å². The number of benzene rings is 2. The van der Waals surface area contributed by atoms with Crippen molar-refractivity contribution in [2.75, 3.05) is 51.3 Å². The molecule has 7 nitrogen and oxygen atoms in total. The van der Waals surface area contributed by atoms with Gasteiger partial charge in [0.15, 0.2) is 11.5 Å². The van der Waals surface area contributed by atoms with Crippen molar-refractivity contribution in [3.8, 4) is 11.5 Å². The number of para-hydroxylation sites is 1. The lowest BCUT2D eigenvalue weighted by Crippen LogP contribution is -2.50. The van der Waals surface area contributed by atoms with E-state index in [2.05, 4.69) is 5.32 Å². The molecule has 0 spiro atoms. The number of carbonyl (C=O) groups is 2. The molecule has 2 heterocycles. The molecule has 1 saturated heterocycles. The summed E-state index contributed by atoms with van der Waals surface area (Å²) in [5.74, 6) is 0.489. The van der Waals surface area contributed by atoms with Gasteiger partial charge in [-0.2, -0.15) is 13.2 Å². The number of anilines is 1. The maximum Gasteiger partial charge on any atom is 0.418 e. The molecule has 33 heavy (non-hydrogen) atoms. The van der Waals surface area contributed by atoms with Gasteiger partial charge in [-0.1, -0.05) is 12.1 Å². The van der Waals surface area contributed by atoms with E-state index >= 15 is 0 Å². The van der Waals surface area contributed by atoms with Gasteiger partial charge in [0.25, 0.3) is 5.91 Å². The SMILES string of the molecule is O=C(CN1CCN(C(=O)c2ccc3c(c2)OCCCO3)CC1)Nc1ccccc1C(F)(F)F. The van der Waals surface area contributed by atoms with Crippen LogP contribution in [0.3, 0.4) is 0 Å². The van der Waals surface area contributed by atoms with Crippen molar-refractivity contribution in [3.63, 3.8) is 0 Å². The molecule has 4 rings (SSSR count). The summed E-state index contributed by atoms with van der Waals surface area (Å²) in [5.41, 5.74) is -0.656. The van der Waals surface area contributed by atoms with Crippen molar-refractivity contribution < 1.29 is 32.2 Å². The van der Waals surface area contributed by atoms with Gasteiger partial charge in [0, 0.05) is 38.2 Å². The minimum Gasteiger partial charge on any atom is -0.490 e. The first-order chi connectivity index (χ1) is 15.8. The van der Waals surface area contributed by atoms with Crippen molar-refractivity contribution in [2.45, 2.75) is 12.6 Å². The average Bonchev–Trinajstić information content (AvgIpc) is 3.03. The fourth-order valence-corrected chi connectivity index (χ4v) is 3.82. The second-order valence-electron chi connectivity index (χ2n) is 7.87. The predicted octanol–water partition coefficient (Wildman–Crippen LogP) is 3.26. The monoisotopic (exact) mass is 463 g/mol. The number of carbonyl (C=O) groups excluding carboxylic acids is 2. The zero-order valence-electron chi connectivity index (χ0n) is 17.9. The molecule has 10 heteroatoms. The van der Waals surface area contributed by atoms with Gasteiger partial charge >= 0.3 is 6.18 Å². The molecule has 0 aliphatic carbocycles. The van der Waals surface area contributed by atoms with E-state index < -0.39 is 17.6 Å². The summed E-state index contributed by atoms with van der Waals surface area (Å²) >= 11 is 0. The Hall–Kier alpha value is -3.27. The van der Waals surface area contributed by atoms with Gasteiger partial charge in [-0.25, -0.2) is 0 Å². The largest absolute Gasteiger partial charge is 0.490 e. The summed E-state index contributed by atoms with van der Waals surface area (Å²) in [6, 6.07) is 9.99. The minimum atomic E-state index is -4.55. The first-order valence-electron chi connectivity index (χ1n) is 10.7. The third-order valence-corrected chi connectivity index (χ3v) is 5.53. The van der Waals surface area contributed by atoms with Crippen LogP contribution in [0.15, 0.2) is 42.5 Å². The average molecular weight is 463 g/mol. The molecular weight excluding hydrogens is 439 g/mol. The first kappa shape index (κ1) is 22.9. The summed E-state index contributed by atoms with van der Waals surface area (Å²) < 4.78 is 50.6. The Morgan fingerprint density at radius 3 is 2.36 bits per heavy atom. The highest BCUT2D eigenvalue weighted by atomic mass is 19.4. The zero-order chi connectivity index (χ0) is 23.4. The summed E-state index contributed by atoms with van der Waals surface area (Å²) in [5, 5.41) is 2.35. The third-order valence-electron chi connectivity index (χ3n) is 5.53. The van der Waals surface area contributed by atoms with Crippen molar-refractivity contribution >= 4 is 17.5 Å². The van der Waals surface area contributed by atoms with E-state index in [1.165, 1.54) is 18.2 Å². The van der Waals surface area contributed by atoms with Crippen LogP contribution >= 0.6 is 0 Å². The molecule has 1 N–H and O–H groups in total. The minimum absolute atomic E-state index is 0.0573. The molecule has 2 aromatic rings. The standard InChI is InChI=1S/C23H24F3N3O4/c24-23(25,26)17-4-1-2-5-18(17)27-21(30)15-28-8-10-29(11-9-28)22(31)16-6-7-19-20(14-16)33-13-3-12-32-19/h1-2,4-7,14H,3,8-13,15H2,(H,27,30). The molecule has 0 unspecified atom stereocenters. The number of amides is 2. The first-order valence-corrected chi connectivity index (χ1v) is 10.7. The molecule has 0 radical (unpaired) electrons. The van der Waals surface area contributed by atoms with Gasteiger partial charge in [0.2, 0.25) is 5.91 Å². The number of rotatable bonds is 4. The van der Waals surface area contributed by atoms with E-state index in [-0.39, 0.29) is 18.1 Å². The van der Waals surface area contributed by atoms with Crippen molar-refractivity contribution in [3.05, 3.63) is 53.6 Å². The Kier molecular flexibility index (Phi) is 6.73. The second kappa shape index (κ2) is 9.70. The molecule has 2 aliphatic rings. The molecule has 1 fully saturated rings. The number of piperazine rings is 1. The number of hydrogen-bond donors (Lipinski definition) is 1. The van der Waals surface area contributed by atoms with Crippen LogP contribution in [0.5, 0.6) is 11.5 Å². The Morgan fingerprint density at radius 2 is 1.64 bits per heavy atom. The topological polar surface area (TPSA) is 71.1 Å². The van der Waals surface area contributed by atoms with Crippen molar-refractivity contribution in [1.29, 1.82) is 0 Å². The number of ether oxygens (including phenoxy) is 2. The fraction of sp³-hybridized carbons (Fsp3) is 0.391. The summed E-state index contributed by atoms with van der Waals surface area (Å²) in [4.78, 5) is 28.7. The second-order valence-corrected chi connectivity index (χ2v) is 7.87. The Balaban J connectivity index is 1.31. The Morgan fingerprint density at radius 1 is 0.939 bits per heavy atom. The van der Waals surface area contributed by atoms with Gasteiger partial charge in [-0.15, -0.1) is 0 Å². The van der Waals surface area contributed by atoms with E-state index in [9.17, 15) is 22.8 Å². The van der Waals surface area contributed by atoms with Crippen LogP contribution in [-0.4, -0.2) is 67.6 Å². The van der Waals surface area contributed by atoms with Crippen LogP contribution in [0, 0.1) is 0 Å². The van der Waals surface area contributed by atoms with Crippen LogP contribution < -0.4 is 14.8 Å². The van der Waals surface area contributed by atoms with E-state index in [0.29, 0.717) is 56.5 Å². The van der Waals surface area contributed by atoms with Crippen LogP contribution in [0.2, 0.25) is 0 Å². The van der Waals surface area contributed by atoms with E-state index in [4.69, 9.17) is 9.47 Å². The van der Waals surface area contributed by atoms with Crippen LogP contribution in [-0.2, 0) is 11.0 Å². The third kappa shape index (κ3) is 5.57. The maximum absolute atomic E-state index is 13.1. The summed E-state index contributed by atoms with van der Waals surface area (Å²) in [6.45, 7) is 2.71.